The van der Waals surface area contributed by atoms with E-state index in [1.807, 2.05) is 43.3 Å². The fourth-order valence-electron chi connectivity index (χ4n) is 3.48. The molecule has 0 aliphatic rings. The Morgan fingerprint density at radius 2 is 1.76 bits per heavy atom. The second-order valence-corrected chi connectivity index (χ2v) is 9.93. The second kappa shape index (κ2) is 10.9. The van der Waals surface area contributed by atoms with E-state index in [0.29, 0.717) is 28.6 Å². The third kappa shape index (κ3) is 6.26. The van der Waals surface area contributed by atoms with Gasteiger partial charge in [0.05, 0.1) is 16.4 Å². The quantitative estimate of drug-likeness (QED) is 0.429. The smallest absolute Gasteiger partial charge is 0.254 e. The number of amides is 2. The van der Waals surface area contributed by atoms with Crippen LogP contribution in [-0.4, -0.2) is 39.6 Å². The highest BCUT2D eigenvalue weighted by Crippen LogP contribution is 2.29. The summed E-state index contributed by atoms with van der Waals surface area (Å²) in [5.74, 6) is 0.0741. The Morgan fingerprint density at radius 1 is 1.09 bits per heavy atom. The normalized spacial score (nSPS) is 11.4. The monoisotopic (exact) mass is 480 g/mol. The fourth-order valence-corrected chi connectivity index (χ4v) is 3.70. The molecule has 0 fully saturated rings. The van der Waals surface area contributed by atoms with E-state index in [9.17, 15) is 9.59 Å². The maximum atomic E-state index is 13.1. The van der Waals surface area contributed by atoms with Gasteiger partial charge in [0.1, 0.15) is 12.4 Å². The molecule has 0 saturated heterocycles. The number of hydrogen-bond acceptors (Lipinski definition) is 3. The molecule has 0 unspecified atom stereocenters. The van der Waals surface area contributed by atoms with E-state index in [1.165, 1.54) is 0 Å². The van der Waals surface area contributed by atoms with Crippen molar-refractivity contribution >= 4 is 29.2 Å². The SMILES string of the molecule is CCCCN(CC(=O)Nc1cc(C(C)(C)C)nn1-c1ccccc1Cl)C(=O)c1ccc(C)cc1. The Balaban J connectivity index is 1.86. The van der Waals surface area contributed by atoms with Gasteiger partial charge in [-0.15, -0.1) is 0 Å². The summed E-state index contributed by atoms with van der Waals surface area (Å²) in [6.07, 6.45) is 1.74. The minimum atomic E-state index is -0.287. The number of rotatable bonds is 8. The van der Waals surface area contributed by atoms with Gasteiger partial charge in [-0.2, -0.15) is 5.10 Å². The van der Waals surface area contributed by atoms with Crippen LogP contribution in [0.15, 0.2) is 54.6 Å². The lowest BCUT2D eigenvalue weighted by Gasteiger charge is -2.22. The van der Waals surface area contributed by atoms with Crippen molar-refractivity contribution in [1.29, 1.82) is 0 Å². The molecule has 1 N–H and O–H groups in total. The van der Waals surface area contributed by atoms with E-state index < -0.39 is 0 Å². The zero-order valence-electron chi connectivity index (χ0n) is 20.6. The molecule has 3 rings (SSSR count). The van der Waals surface area contributed by atoms with Crippen LogP contribution < -0.4 is 5.32 Å². The molecule has 0 aliphatic carbocycles. The molecule has 2 aromatic carbocycles. The van der Waals surface area contributed by atoms with Crippen LogP contribution >= 0.6 is 11.6 Å². The van der Waals surface area contributed by atoms with Gasteiger partial charge in [-0.3, -0.25) is 9.59 Å². The highest BCUT2D eigenvalue weighted by atomic mass is 35.5. The van der Waals surface area contributed by atoms with E-state index in [2.05, 4.69) is 33.0 Å². The predicted octanol–water partition coefficient (Wildman–Crippen LogP) is 6.01. The maximum Gasteiger partial charge on any atom is 0.254 e. The average Bonchev–Trinajstić information content (AvgIpc) is 3.21. The Labute approximate surface area is 206 Å². The molecule has 1 heterocycles. The number of anilines is 1. The minimum Gasteiger partial charge on any atom is -0.329 e. The van der Waals surface area contributed by atoms with Gasteiger partial charge in [0, 0.05) is 23.6 Å². The molecular weight excluding hydrogens is 448 g/mol. The van der Waals surface area contributed by atoms with Crippen LogP contribution in [0.4, 0.5) is 5.82 Å². The van der Waals surface area contributed by atoms with Gasteiger partial charge in [0.15, 0.2) is 0 Å². The third-order valence-corrected chi connectivity index (χ3v) is 5.85. The average molecular weight is 481 g/mol. The van der Waals surface area contributed by atoms with Gasteiger partial charge in [-0.1, -0.05) is 75.5 Å². The van der Waals surface area contributed by atoms with Crippen LogP contribution in [-0.2, 0) is 10.2 Å². The molecule has 0 bridgehead atoms. The molecule has 3 aromatic rings. The van der Waals surface area contributed by atoms with E-state index >= 15 is 0 Å². The molecular formula is C27H33ClN4O2. The molecule has 34 heavy (non-hydrogen) atoms. The fraction of sp³-hybridized carbons (Fsp3) is 0.370. The summed E-state index contributed by atoms with van der Waals surface area (Å²) in [5.41, 5.74) is 2.93. The minimum absolute atomic E-state index is 0.0503. The molecule has 0 saturated carbocycles. The van der Waals surface area contributed by atoms with Gasteiger partial charge in [0.25, 0.3) is 5.91 Å². The van der Waals surface area contributed by atoms with Gasteiger partial charge in [0.2, 0.25) is 5.91 Å². The Bertz CT molecular complexity index is 1150. The van der Waals surface area contributed by atoms with E-state index in [4.69, 9.17) is 16.7 Å². The van der Waals surface area contributed by atoms with Gasteiger partial charge in [-0.05, 0) is 37.6 Å². The zero-order chi connectivity index (χ0) is 24.9. The predicted molar refractivity (Wildman–Crippen MR) is 138 cm³/mol. The summed E-state index contributed by atoms with van der Waals surface area (Å²) < 4.78 is 1.65. The lowest BCUT2D eigenvalue weighted by Crippen LogP contribution is -2.39. The highest BCUT2D eigenvalue weighted by Gasteiger charge is 2.24. The first kappa shape index (κ1) is 25.5. The molecule has 0 spiro atoms. The molecule has 0 atom stereocenters. The topological polar surface area (TPSA) is 67.2 Å². The number of nitrogens with zero attached hydrogens (tertiary/aromatic N) is 3. The van der Waals surface area contributed by atoms with Crippen LogP contribution in [0.25, 0.3) is 5.69 Å². The van der Waals surface area contributed by atoms with Crippen molar-refractivity contribution in [2.75, 3.05) is 18.4 Å². The van der Waals surface area contributed by atoms with E-state index in [0.717, 1.165) is 24.1 Å². The number of para-hydroxylation sites is 1. The number of nitrogens with one attached hydrogen (secondary N) is 1. The van der Waals surface area contributed by atoms with Crippen molar-refractivity contribution in [3.05, 3.63) is 76.4 Å². The molecule has 1 aromatic heterocycles. The van der Waals surface area contributed by atoms with E-state index in [-0.39, 0.29) is 23.8 Å². The van der Waals surface area contributed by atoms with Crippen LogP contribution in [0.3, 0.4) is 0 Å². The Morgan fingerprint density at radius 3 is 2.38 bits per heavy atom. The largest absolute Gasteiger partial charge is 0.329 e. The second-order valence-electron chi connectivity index (χ2n) is 9.52. The summed E-state index contributed by atoms with van der Waals surface area (Å²) in [4.78, 5) is 27.9. The van der Waals surface area contributed by atoms with Crippen LogP contribution in [0, 0.1) is 6.92 Å². The molecule has 0 radical (unpaired) electrons. The number of hydrogen-bond donors (Lipinski definition) is 1. The number of halogens is 1. The van der Waals surface area contributed by atoms with Crippen molar-refractivity contribution < 1.29 is 9.59 Å². The third-order valence-electron chi connectivity index (χ3n) is 5.53. The van der Waals surface area contributed by atoms with Crippen molar-refractivity contribution in [2.24, 2.45) is 0 Å². The Kier molecular flexibility index (Phi) is 8.15. The first-order chi connectivity index (χ1) is 16.1. The number of carbonyl (C=O) groups excluding carboxylic acids is 2. The van der Waals surface area contributed by atoms with Crippen LogP contribution in [0.1, 0.15) is 62.2 Å². The van der Waals surface area contributed by atoms with Crippen molar-refractivity contribution in [3.8, 4) is 5.69 Å². The summed E-state index contributed by atoms with van der Waals surface area (Å²) in [5, 5.41) is 8.21. The van der Waals surface area contributed by atoms with Crippen molar-refractivity contribution in [3.63, 3.8) is 0 Å². The number of aryl methyl sites for hydroxylation is 1. The van der Waals surface area contributed by atoms with Gasteiger partial charge >= 0.3 is 0 Å². The van der Waals surface area contributed by atoms with E-state index in [1.54, 1.807) is 27.8 Å². The lowest BCUT2D eigenvalue weighted by atomic mass is 9.92. The first-order valence-electron chi connectivity index (χ1n) is 11.6. The maximum absolute atomic E-state index is 13.1. The summed E-state index contributed by atoms with van der Waals surface area (Å²) in [6, 6.07) is 16.6. The van der Waals surface area contributed by atoms with Crippen LogP contribution in [0.2, 0.25) is 5.02 Å². The van der Waals surface area contributed by atoms with Crippen molar-refractivity contribution in [1.82, 2.24) is 14.7 Å². The van der Waals surface area contributed by atoms with Gasteiger partial charge in [-0.25, -0.2) is 4.68 Å². The number of carbonyl (C=O) groups is 2. The van der Waals surface area contributed by atoms with Crippen LogP contribution in [0.5, 0.6) is 0 Å². The summed E-state index contributed by atoms with van der Waals surface area (Å²) in [7, 11) is 0. The first-order valence-corrected chi connectivity index (χ1v) is 12.0. The standard InChI is InChI=1S/C27H33ClN4O2/c1-6-7-16-31(26(34)20-14-12-19(2)13-15-20)18-25(33)29-24-17-23(27(3,4)5)30-32(24)22-11-9-8-10-21(22)28/h8-15,17H,6-7,16,18H2,1-5H3,(H,29,33). The zero-order valence-corrected chi connectivity index (χ0v) is 21.3. The number of benzene rings is 2. The Hall–Kier alpha value is -3.12. The lowest BCUT2D eigenvalue weighted by molar-refractivity contribution is -0.117. The molecule has 0 aliphatic heterocycles. The molecule has 180 valence electrons. The number of unbranched alkanes of at least 4 members (excludes halogenated alkanes) is 1. The summed E-state index contributed by atoms with van der Waals surface area (Å²) in [6.45, 7) is 10.7. The van der Waals surface area contributed by atoms with Gasteiger partial charge < -0.3 is 10.2 Å². The molecule has 7 heteroatoms. The molecule has 6 nitrogen and oxygen atoms in total. The highest BCUT2D eigenvalue weighted by molar-refractivity contribution is 6.32. The molecule has 2 amide bonds. The van der Waals surface area contributed by atoms with Crippen molar-refractivity contribution in [2.45, 2.75) is 52.9 Å². The number of aromatic nitrogens is 2. The summed E-state index contributed by atoms with van der Waals surface area (Å²) >= 11 is 6.43.